The van der Waals surface area contributed by atoms with E-state index in [4.69, 9.17) is 11.6 Å². The van der Waals surface area contributed by atoms with Crippen molar-refractivity contribution >= 4 is 50.6 Å². The average molecular weight is 361 g/mol. The summed E-state index contributed by atoms with van der Waals surface area (Å²) in [5.41, 5.74) is 3.33. The van der Waals surface area contributed by atoms with Crippen LogP contribution in [0.25, 0.3) is 15.9 Å². The van der Waals surface area contributed by atoms with E-state index in [0.29, 0.717) is 0 Å². The van der Waals surface area contributed by atoms with E-state index in [0.717, 1.165) is 31.8 Å². The van der Waals surface area contributed by atoms with E-state index < -0.39 is 0 Å². The lowest BCUT2D eigenvalue weighted by Gasteiger charge is -2.01. The van der Waals surface area contributed by atoms with Crippen LogP contribution in [0, 0.1) is 13.8 Å². The number of fused-ring (bicyclic) bond motifs is 3. The van der Waals surface area contributed by atoms with E-state index in [1.165, 1.54) is 16.0 Å². The standard InChI is InChI=1S/C16H13ClN4S2/c1-9-10(2)23-15-13(9)14-19-20-16(21(14)8-18-15)22-7-11-3-5-12(17)6-4-11/h3-6,8H,7H2,1-2H3. The highest BCUT2D eigenvalue weighted by Crippen LogP contribution is 2.32. The van der Waals surface area contributed by atoms with Crippen LogP contribution in [0.3, 0.4) is 0 Å². The molecule has 0 saturated heterocycles. The van der Waals surface area contributed by atoms with Gasteiger partial charge in [-0.3, -0.25) is 4.40 Å². The van der Waals surface area contributed by atoms with Crippen LogP contribution in [0.15, 0.2) is 35.7 Å². The topological polar surface area (TPSA) is 43.1 Å². The number of thiophene rings is 1. The smallest absolute Gasteiger partial charge is 0.197 e. The van der Waals surface area contributed by atoms with Crippen LogP contribution in [0.4, 0.5) is 0 Å². The van der Waals surface area contributed by atoms with E-state index in [-0.39, 0.29) is 0 Å². The van der Waals surface area contributed by atoms with Crippen LogP contribution < -0.4 is 0 Å². The van der Waals surface area contributed by atoms with Gasteiger partial charge in [-0.2, -0.15) is 0 Å². The van der Waals surface area contributed by atoms with Crippen LogP contribution in [-0.4, -0.2) is 19.6 Å². The van der Waals surface area contributed by atoms with E-state index in [1.807, 2.05) is 35.0 Å². The van der Waals surface area contributed by atoms with Crippen molar-refractivity contribution in [3.8, 4) is 0 Å². The van der Waals surface area contributed by atoms with Crippen LogP contribution in [0.5, 0.6) is 0 Å². The Morgan fingerprint density at radius 1 is 1.17 bits per heavy atom. The molecule has 0 spiro atoms. The summed E-state index contributed by atoms with van der Waals surface area (Å²) in [4.78, 5) is 6.86. The zero-order valence-corrected chi connectivity index (χ0v) is 15.0. The van der Waals surface area contributed by atoms with Gasteiger partial charge in [0.2, 0.25) is 0 Å². The average Bonchev–Trinajstić information content (AvgIpc) is 3.08. The first-order valence-electron chi connectivity index (χ1n) is 7.10. The Morgan fingerprint density at radius 2 is 1.96 bits per heavy atom. The summed E-state index contributed by atoms with van der Waals surface area (Å²) >= 11 is 9.27. The van der Waals surface area contributed by atoms with E-state index >= 15 is 0 Å². The molecule has 0 aliphatic carbocycles. The maximum absolute atomic E-state index is 5.92. The third-order valence-corrected chi connectivity index (χ3v) is 6.21. The summed E-state index contributed by atoms with van der Waals surface area (Å²) in [6.45, 7) is 4.23. The molecule has 4 aromatic rings. The molecule has 0 amide bonds. The molecule has 3 aromatic heterocycles. The lowest BCUT2D eigenvalue weighted by molar-refractivity contribution is 0.907. The molecular weight excluding hydrogens is 348 g/mol. The maximum atomic E-state index is 5.92. The third-order valence-electron chi connectivity index (χ3n) is 3.83. The normalized spacial score (nSPS) is 11.6. The summed E-state index contributed by atoms with van der Waals surface area (Å²) in [6.07, 6.45) is 1.82. The molecule has 7 heteroatoms. The lowest BCUT2D eigenvalue weighted by Crippen LogP contribution is -1.91. The fraction of sp³-hybridized carbons (Fsp3) is 0.188. The van der Waals surface area contributed by atoms with Crippen LogP contribution in [0.1, 0.15) is 16.0 Å². The number of hydrogen-bond acceptors (Lipinski definition) is 5. The van der Waals surface area contributed by atoms with Crippen molar-refractivity contribution in [3.63, 3.8) is 0 Å². The summed E-state index contributed by atoms with van der Waals surface area (Å²) in [7, 11) is 0. The molecule has 0 fully saturated rings. The quantitative estimate of drug-likeness (QED) is 0.487. The molecule has 23 heavy (non-hydrogen) atoms. The van der Waals surface area contributed by atoms with Gasteiger partial charge in [-0.25, -0.2) is 4.98 Å². The predicted octanol–water partition coefficient (Wildman–Crippen LogP) is 4.90. The molecule has 0 aliphatic rings. The van der Waals surface area contributed by atoms with Gasteiger partial charge in [0.15, 0.2) is 10.8 Å². The van der Waals surface area contributed by atoms with Gasteiger partial charge >= 0.3 is 0 Å². The molecule has 1 aromatic carbocycles. The molecule has 3 heterocycles. The summed E-state index contributed by atoms with van der Waals surface area (Å²) in [5.74, 6) is 0.817. The van der Waals surface area contributed by atoms with Crippen molar-refractivity contribution in [1.82, 2.24) is 19.6 Å². The molecule has 116 valence electrons. The lowest BCUT2D eigenvalue weighted by atomic mass is 10.2. The number of rotatable bonds is 3. The molecule has 4 rings (SSSR count). The second-order valence-electron chi connectivity index (χ2n) is 5.30. The van der Waals surface area contributed by atoms with Gasteiger partial charge in [0.05, 0.1) is 5.39 Å². The number of nitrogens with zero attached hydrogens (tertiary/aromatic N) is 4. The fourth-order valence-electron chi connectivity index (χ4n) is 2.45. The molecule has 0 aliphatic heterocycles. The van der Waals surface area contributed by atoms with Gasteiger partial charge in [0, 0.05) is 15.7 Å². The first-order chi connectivity index (χ1) is 11.1. The molecule has 0 bridgehead atoms. The number of aryl methyl sites for hydroxylation is 2. The minimum atomic E-state index is 0.751. The largest absolute Gasteiger partial charge is 0.260 e. The Hall–Kier alpha value is -1.63. The molecule has 0 saturated carbocycles. The Kier molecular flexibility index (Phi) is 3.75. The van der Waals surface area contributed by atoms with Crippen molar-refractivity contribution in [2.45, 2.75) is 24.8 Å². The number of aromatic nitrogens is 4. The van der Waals surface area contributed by atoms with Gasteiger partial charge in [-0.15, -0.1) is 21.5 Å². The highest BCUT2D eigenvalue weighted by atomic mass is 35.5. The molecule has 0 radical (unpaired) electrons. The minimum absolute atomic E-state index is 0.751. The van der Waals surface area contributed by atoms with Gasteiger partial charge in [-0.1, -0.05) is 35.5 Å². The molecular formula is C16H13ClN4S2. The van der Waals surface area contributed by atoms with Crippen molar-refractivity contribution in [2.24, 2.45) is 0 Å². The monoisotopic (exact) mass is 360 g/mol. The van der Waals surface area contributed by atoms with Crippen molar-refractivity contribution in [3.05, 3.63) is 51.6 Å². The molecule has 0 unspecified atom stereocenters. The predicted molar refractivity (Wildman–Crippen MR) is 96.7 cm³/mol. The number of thioether (sulfide) groups is 1. The van der Waals surface area contributed by atoms with Crippen LogP contribution in [0.2, 0.25) is 5.02 Å². The van der Waals surface area contributed by atoms with Crippen LogP contribution >= 0.6 is 34.7 Å². The Labute approximate surface area is 146 Å². The zero-order chi connectivity index (χ0) is 16.0. The first kappa shape index (κ1) is 14.9. The molecule has 0 atom stereocenters. The second kappa shape index (κ2) is 5.78. The highest BCUT2D eigenvalue weighted by molar-refractivity contribution is 7.98. The number of halogens is 1. The summed E-state index contributed by atoms with van der Waals surface area (Å²) in [5, 5.41) is 11.4. The number of benzene rings is 1. The first-order valence-corrected chi connectivity index (χ1v) is 9.28. The Balaban J connectivity index is 1.71. The SMILES string of the molecule is Cc1sc2ncn3c(SCc4ccc(Cl)cc4)nnc3c2c1C. The van der Waals surface area contributed by atoms with Crippen molar-refractivity contribution < 1.29 is 0 Å². The van der Waals surface area contributed by atoms with E-state index in [2.05, 4.69) is 29.0 Å². The molecule has 4 nitrogen and oxygen atoms in total. The number of hydrogen-bond donors (Lipinski definition) is 0. The van der Waals surface area contributed by atoms with Gasteiger partial charge in [-0.05, 0) is 37.1 Å². The zero-order valence-electron chi connectivity index (χ0n) is 12.6. The van der Waals surface area contributed by atoms with E-state index in [9.17, 15) is 0 Å². The summed E-state index contributed by atoms with van der Waals surface area (Å²) < 4.78 is 1.97. The highest BCUT2D eigenvalue weighted by Gasteiger charge is 2.15. The van der Waals surface area contributed by atoms with Gasteiger partial charge in [0.25, 0.3) is 0 Å². The molecule has 0 N–H and O–H groups in total. The Bertz CT molecular complexity index is 1000. The third kappa shape index (κ3) is 2.60. The van der Waals surface area contributed by atoms with Crippen LogP contribution in [-0.2, 0) is 5.75 Å². The minimum Gasteiger partial charge on any atom is -0.260 e. The van der Waals surface area contributed by atoms with Crippen molar-refractivity contribution in [2.75, 3.05) is 0 Å². The van der Waals surface area contributed by atoms with Crippen molar-refractivity contribution in [1.29, 1.82) is 0 Å². The Morgan fingerprint density at radius 3 is 2.74 bits per heavy atom. The van der Waals surface area contributed by atoms with E-state index in [1.54, 1.807) is 23.1 Å². The second-order valence-corrected chi connectivity index (χ2v) is 7.88. The van der Waals surface area contributed by atoms with Gasteiger partial charge < -0.3 is 0 Å². The maximum Gasteiger partial charge on any atom is 0.197 e. The van der Waals surface area contributed by atoms with Gasteiger partial charge in [0.1, 0.15) is 11.2 Å². The fourth-order valence-corrected chi connectivity index (χ4v) is 4.43. The summed E-state index contributed by atoms with van der Waals surface area (Å²) in [6, 6.07) is 7.87.